The molecule has 8 nitrogen and oxygen atoms in total. The van der Waals surface area contributed by atoms with Gasteiger partial charge in [-0.3, -0.25) is 4.79 Å². The Morgan fingerprint density at radius 3 is 2.46 bits per heavy atom. The Bertz CT molecular complexity index is 1300. The Morgan fingerprint density at radius 2 is 1.71 bits per heavy atom. The van der Waals surface area contributed by atoms with E-state index >= 15 is 0 Å². The number of rotatable bonds is 8. The van der Waals surface area contributed by atoms with Gasteiger partial charge in [-0.25, -0.2) is 5.43 Å². The second-order valence-corrected chi connectivity index (χ2v) is 8.57. The molecule has 1 aliphatic rings. The molecule has 4 heterocycles. The number of amides is 1. The Balaban J connectivity index is 1.12. The smallest absolute Gasteiger partial charge is 0.307 e. The zero-order valence-electron chi connectivity index (χ0n) is 19.9. The number of carbonyl (C=O) groups is 1. The maximum absolute atomic E-state index is 12.3. The summed E-state index contributed by atoms with van der Waals surface area (Å²) in [7, 11) is 0. The summed E-state index contributed by atoms with van der Waals surface area (Å²) in [6, 6.07) is 19.1. The molecular formula is C27H28N4O4. The van der Waals surface area contributed by atoms with Crippen LogP contribution in [0.1, 0.15) is 46.3 Å². The van der Waals surface area contributed by atoms with Crippen molar-refractivity contribution < 1.29 is 18.4 Å². The molecule has 1 saturated heterocycles. The highest BCUT2D eigenvalue weighted by Crippen LogP contribution is 2.22. The first-order valence-electron chi connectivity index (χ1n) is 11.7. The van der Waals surface area contributed by atoms with Gasteiger partial charge in [0.1, 0.15) is 23.9 Å². The standard InChI is InChI=1S/C27H28N4O4/c1-19-5-6-20(2)31(19)21-7-9-22(10-8-21)33-18-24-11-13-25(34-24)27(32)29-28-17-23-12-14-26(35-23)30-15-3-4-16-30/h5-14,17H,3-4,15-16,18H2,1-2H3,(H,29,32). The fourth-order valence-corrected chi connectivity index (χ4v) is 4.23. The second kappa shape index (κ2) is 9.97. The predicted molar refractivity (Wildman–Crippen MR) is 133 cm³/mol. The van der Waals surface area contributed by atoms with E-state index in [1.807, 2.05) is 36.4 Å². The van der Waals surface area contributed by atoms with E-state index in [1.165, 1.54) is 30.4 Å². The average molecular weight is 473 g/mol. The number of carbonyl (C=O) groups excluding carboxylic acids is 1. The molecule has 4 aromatic rings. The van der Waals surface area contributed by atoms with Crippen LogP contribution in [0, 0.1) is 13.8 Å². The van der Waals surface area contributed by atoms with Gasteiger partial charge in [0.05, 0.1) is 6.21 Å². The summed E-state index contributed by atoms with van der Waals surface area (Å²) >= 11 is 0. The minimum atomic E-state index is -0.444. The van der Waals surface area contributed by atoms with Crippen molar-refractivity contribution in [2.45, 2.75) is 33.3 Å². The van der Waals surface area contributed by atoms with Crippen molar-refractivity contribution in [1.29, 1.82) is 0 Å². The molecule has 5 rings (SSSR count). The normalized spacial score (nSPS) is 13.6. The van der Waals surface area contributed by atoms with Crippen LogP contribution in [0.3, 0.4) is 0 Å². The minimum Gasteiger partial charge on any atom is -0.486 e. The molecule has 3 aromatic heterocycles. The minimum absolute atomic E-state index is 0.159. The molecule has 0 unspecified atom stereocenters. The van der Waals surface area contributed by atoms with Crippen LogP contribution in [-0.4, -0.2) is 29.8 Å². The number of anilines is 1. The lowest BCUT2D eigenvalue weighted by atomic mass is 10.3. The van der Waals surface area contributed by atoms with Crippen molar-refractivity contribution in [3.8, 4) is 11.4 Å². The zero-order chi connectivity index (χ0) is 24.2. The topological polar surface area (TPSA) is 85.1 Å². The molecule has 8 heteroatoms. The van der Waals surface area contributed by atoms with Gasteiger partial charge in [-0.05, 0) is 81.3 Å². The van der Waals surface area contributed by atoms with Crippen molar-refractivity contribution in [2.24, 2.45) is 5.10 Å². The lowest BCUT2D eigenvalue weighted by molar-refractivity contribution is 0.0923. The van der Waals surface area contributed by atoms with Crippen LogP contribution in [0.2, 0.25) is 0 Å². The van der Waals surface area contributed by atoms with Gasteiger partial charge >= 0.3 is 5.91 Å². The summed E-state index contributed by atoms with van der Waals surface area (Å²) in [5.74, 6) is 2.38. The number of hydrazone groups is 1. The second-order valence-electron chi connectivity index (χ2n) is 8.57. The largest absolute Gasteiger partial charge is 0.486 e. The van der Waals surface area contributed by atoms with E-state index in [9.17, 15) is 4.79 Å². The summed E-state index contributed by atoms with van der Waals surface area (Å²) < 4.78 is 19.4. The van der Waals surface area contributed by atoms with Crippen molar-refractivity contribution >= 4 is 18.0 Å². The molecule has 1 N–H and O–H groups in total. The third-order valence-corrected chi connectivity index (χ3v) is 6.02. The fraction of sp³-hybridized carbons (Fsp3) is 0.259. The number of furan rings is 2. The molecule has 0 aliphatic carbocycles. The molecule has 1 aromatic carbocycles. The van der Waals surface area contributed by atoms with Crippen molar-refractivity contribution in [3.05, 3.63) is 89.3 Å². The third-order valence-electron chi connectivity index (χ3n) is 6.02. The van der Waals surface area contributed by atoms with Gasteiger partial charge in [0.25, 0.3) is 0 Å². The van der Waals surface area contributed by atoms with Crippen LogP contribution in [0.4, 0.5) is 5.88 Å². The van der Waals surface area contributed by atoms with Gasteiger partial charge < -0.3 is 23.0 Å². The maximum Gasteiger partial charge on any atom is 0.307 e. The fourth-order valence-electron chi connectivity index (χ4n) is 4.23. The monoisotopic (exact) mass is 472 g/mol. The predicted octanol–water partition coefficient (Wildman–Crippen LogP) is 5.22. The van der Waals surface area contributed by atoms with E-state index in [1.54, 1.807) is 12.1 Å². The molecule has 1 amide bonds. The number of aryl methyl sites for hydroxylation is 2. The van der Waals surface area contributed by atoms with Crippen molar-refractivity contribution in [1.82, 2.24) is 9.99 Å². The summed E-state index contributed by atoms with van der Waals surface area (Å²) in [5, 5.41) is 3.97. The summed E-state index contributed by atoms with van der Waals surface area (Å²) in [5.41, 5.74) is 5.90. The first-order chi connectivity index (χ1) is 17.1. The zero-order valence-corrected chi connectivity index (χ0v) is 19.9. The van der Waals surface area contributed by atoms with Crippen LogP contribution < -0.4 is 15.1 Å². The van der Waals surface area contributed by atoms with Gasteiger partial charge in [0.2, 0.25) is 0 Å². The molecule has 35 heavy (non-hydrogen) atoms. The van der Waals surface area contributed by atoms with E-state index < -0.39 is 5.91 Å². The first-order valence-corrected chi connectivity index (χ1v) is 11.7. The highest BCUT2D eigenvalue weighted by molar-refractivity contribution is 5.92. The summed E-state index contributed by atoms with van der Waals surface area (Å²) in [4.78, 5) is 14.5. The van der Waals surface area contributed by atoms with Gasteiger partial charge in [-0.1, -0.05) is 0 Å². The highest BCUT2D eigenvalue weighted by Gasteiger charge is 2.15. The third kappa shape index (κ3) is 5.16. The molecule has 0 saturated carbocycles. The number of aromatic nitrogens is 1. The SMILES string of the molecule is Cc1ccc(C)n1-c1ccc(OCc2ccc(C(=O)NN=Cc3ccc(N4CCCC4)o3)o2)cc1. The summed E-state index contributed by atoms with van der Waals surface area (Å²) in [6.07, 6.45) is 3.83. The summed E-state index contributed by atoms with van der Waals surface area (Å²) in [6.45, 7) is 6.38. The van der Waals surface area contributed by atoms with Crippen LogP contribution in [0.15, 0.2) is 74.6 Å². The van der Waals surface area contributed by atoms with Gasteiger partial charge in [0.15, 0.2) is 11.6 Å². The van der Waals surface area contributed by atoms with Crippen molar-refractivity contribution in [3.63, 3.8) is 0 Å². The maximum atomic E-state index is 12.3. The molecule has 0 bridgehead atoms. The number of ether oxygens (including phenoxy) is 1. The van der Waals surface area contributed by atoms with E-state index in [0.29, 0.717) is 11.5 Å². The van der Waals surface area contributed by atoms with Crippen LogP contribution >= 0.6 is 0 Å². The number of benzene rings is 1. The molecule has 1 fully saturated rings. The highest BCUT2D eigenvalue weighted by atomic mass is 16.5. The lowest BCUT2D eigenvalue weighted by Crippen LogP contribution is -2.17. The van der Waals surface area contributed by atoms with Crippen LogP contribution in [0.5, 0.6) is 5.75 Å². The number of nitrogens with one attached hydrogen (secondary N) is 1. The Hall–Kier alpha value is -4.20. The Morgan fingerprint density at radius 1 is 0.971 bits per heavy atom. The van der Waals surface area contributed by atoms with Crippen LogP contribution in [-0.2, 0) is 6.61 Å². The molecule has 1 aliphatic heterocycles. The molecule has 0 spiro atoms. The van der Waals surface area contributed by atoms with E-state index in [4.69, 9.17) is 13.6 Å². The van der Waals surface area contributed by atoms with E-state index in [0.717, 1.165) is 30.4 Å². The van der Waals surface area contributed by atoms with E-state index in [-0.39, 0.29) is 12.4 Å². The van der Waals surface area contributed by atoms with Crippen LogP contribution in [0.25, 0.3) is 5.69 Å². The Labute approximate surface area is 203 Å². The Kier molecular flexibility index (Phi) is 6.43. The number of nitrogens with zero attached hydrogens (tertiary/aromatic N) is 3. The molecule has 0 radical (unpaired) electrons. The van der Waals surface area contributed by atoms with Gasteiger partial charge in [-0.2, -0.15) is 5.10 Å². The van der Waals surface area contributed by atoms with Gasteiger partial charge in [-0.15, -0.1) is 0 Å². The molecule has 0 atom stereocenters. The van der Waals surface area contributed by atoms with Gasteiger partial charge in [0, 0.05) is 36.2 Å². The molecule has 180 valence electrons. The average Bonchev–Trinajstić information content (AvgIpc) is 3.66. The van der Waals surface area contributed by atoms with Crippen molar-refractivity contribution in [2.75, 3.05) is 18.0 Å². The number of hydrogen-bond acceptors (Lipinski definition) is 6. The lowest BCUT2D eigenvalue weighted by Gasteiger charge is -2.12. The van der Waals surface area contributed by atoms with E-state index in [2.05, 4.69) is 46.0 Å². The quantitative estimate of drug-likeness (QED) is 0.281. The number of hydrogen-bond donors (Lipinski definition) is 1. The first kappa shape index (κ1) is 22.6. The molecular weight excluding hydrogens is 444 g/mol.